The second-order valence-electron chi connectivity index (χ2n) is 30.5. The minimum absolute atomic E-state index is 0. The molecule has 666 valence electrons. The van der Waals surface area contributed by atoms with E-state index in [0.717, 1.165) is 91.9 Å². The number of carbonyl (C=O) groups is 6. The van der Waals surface area contributed by atoms with Crippen molar-refractivity contribution in [1.82, 2.24) is 38.6 Å². The van der Waals surface area contributed by atoms with E-state index in [1.165, 1.54) is 82.5 Å². The van der Waals surface area contributed by atoms with Gasteiger partial charge in [0.15, 0.2) is 5.78 Å². The number of anilines is 1. The number of hydrogen-bond donors (Lipinski definition) is 5. The number of carboxylic acid groups (broad SMARTS) is 1. The van der Waals surface area contributed by atoms with Gasteiger partial charge in [-0.15, -0.1) is 0 Å². The number of aromatic nitrogens is 8. The molecule has 6 heterocycles. The fourth-order valence-corrected chi connectivity index (χ4v) is 14.5. The topological polar surface area (TPSA) is 354 Å². The van der Waals surface area contributed by atoms with Crippen molar-refractivity contribution in [3.8, 4) is 22.3 Å². The van der Waals surface area contributed by atoms with Crippen molar-refractivity contribution in [3.05, 3.63) is 290 Å². The molecular formula is C97H105BrF6N13O10+. The van der Waals surface area contributed by atoms with Gasteiger partial charge in [0.2, 0.25) is 11.4 Å². The number of aliphatic imine (C=N–C) groups is 1. The van der Waals surface area contributed by atoms with E-state index in [2.05, 4.69) is 109 Å². The lowest BCUT2D eigenvalue weighted by Crippen LogP contribution is -2.22. The molecule has 0 spiro atoms. The number of alkyl halides is 1. The van der Waals surface area contributed by atoms with Crippen LogP contribution in [0.15, 0.2) is 182 Å². The number of esters is 2. The number of Topliss-reactive ketones (excluding diaryl/α,β-unsaturated/α-hetero) is 1. The van der Waals surface area contributed by atoms with Crippen LogP contribution < -0.4 is 22.5 Å². The van der Waals surface area contributed by atoms with Crippen molar-refractivity contribution in [3.63, 3.8) is 0 Å². The monoisotopic (exact) mass is 1800 g/mol. The standard InChI is InChI=1S/C34H31F3N4O2.C20H16F3N3O.C15H20N2O2.C13H16N2O2.C9H9N2.C6H11BrO2.H2O/c1-4-30(41-18-40-29-10-19(2)20(3)11-31(29)41)32(42)16-23(12-21-13-24(35)17-25(36)14-21)33-26(6-5-9-39-33)22-7-8-28(37)27(15-22)34(38)43;21-13-6-11(7-14(22)10-13)8-18(24)19-15(2-1-5-26-19)12-3-4-17(23)16(9-12)20(25)27;1-5-13(15(18)19-6-2)17-9-16-12-7-10(3)11(4)8-14(12)17;1-4-11(13(16)17)15-7-14-10-5-8(2)9(3)6-12(10)15;1-6-3-8-9(4-7(6)2)11-5-10-8;1-3-5(7)6(8)9-4-2;/h5-11,13-15,17-18,23,30H,4,12,16H2,1-3H3,(H2,38,43);1-7,9-10,18H,8,24H2,(H2,25,27);7-9,13H,5-6H2,1-4H3;5-7,11H,4H2,1-3H3,(H,16,17);3-4H,1-2H3,(H,10,11);5H,3-4H2,1-2H3;1H2/q;;;;+1;;/t23-,30?;18-;;;;;/m10...../s1. The van der Waals surface area contributed by atoms with Gasteiger partial charge >= 0.3 is 17.9 Å². The summed E-state index contributed by atoms with van der Waals surface area (Å²) in [7, 11) is 0. The van der Waals surface area contributed by atoms with E-state index in [-0.39, 0.29) is 64.5 Å². The third-order valence-electron chi connectivity index (χ3n) is 21.6. The molecule has 2 amide bonds. The highest BCUT2D eigenvalue weighted by Gasteiger charge is 2.30. The van der Waals surface area contributed by atoms with Gasteiger partial charge in [0.05, 0.1) is 99.9 Å². The van der Waals surface area contributed by atoms with Gasteiger partial charge in [0.1, 0.15) is 51.8 Å². The van der Waals surface area contributed by atoms with Crippen LogP contribution in [0.4, 0.5) is 37.7 Å². The predicted octanol–water partition coefficient (Wildman–Crippen LogP) is 19.7. The zero-order valence-electron chi connectivity index (χ0n) is 73.2. The van der Waals surface area contributed by atoms with Crippen LogP contribution in [0.2, 0.25) is 0 Å². The molecule has 6 atom stereocenters. The first-order valence-electron chi connectivity index (χ1n) is 41.1. The Kier molecular flexibility index (Phi) is 35.7. The molecule has 13 aromatic rings. The van der Waals surface area contributed by atoms with Gasteiger partial charge in [-0.3, -0.25) is 29.1 Å². The van der Waals surface area contributed by atoms with Gasteiger partial charge in [0.25, 0.3) is 18.2 Å². The Morgan fingerprint density at radius 2 is 0.866 bits per heavy atom. The lowest BCUT2D eigenvalue weighted by atomic mass is 9.85. The third kappa shape index (κ3) is 25.4. The molecule has 0 aliphatic carbocycles. The second-order valence-corrected chi connectivity index (χ2v) is 31.6. The van der Waals surface area contributed by atoms with Crippen LogP contribution in [-0.4, -0.2) is 109 Å². The molecular weight excluding hydrogens is 1700 g/mol. The number of nitrogens with one attached hydrogen (secondary N) is 1. The molecule has 0 bridgehead atoms. The SMILES string of the molecule is CCC(C(=O)C[C@@H](Cc1cc(F)cc(F)c1)c1ncccc1-c1ccc(F)c(C(N)=O)c1)n1cnc2cc(C)c(C)cc21.CCC(C(=O)O)n1cnc2cc(C)c(C)cc21.CCOC(=O)C(Br)CC.CCOC(=O)C(CC)n1cnc2cc(C)c(C)cc21.Cc1cc2c(cc1C)N[C+]=N2.NC(=O)c1cc(-c2cccnc2[C@@H](N)Cc2cc(F)cc(F)c2)ccc1F.O. The average molecular weight is 1810 g/mol. The number of carboxylic acids is 1. The summed E-state index contributed by atoms with van der Waals surface area (Å²) in [6, 6.07) is 35.4. The first-order chi connectivity index (χ1) is 60.0. The van der Waals surface area contributed by atoms with Gasteiger partial charge in [0, 0.05) is 60.1 Å². The van der Waals surface area contributed by atoms with Crippen molar-refractivity contribution >= 4 is 102 Å². The molecule has 30 heteroatoms. The zero-order chi connectivity index (χ0) is 92.1. The summed E-state index contributed by atoms with van der Waals surface area (Å²) in [5.41, 5.74) is 36.9. The molecule has 1 aliphatic heterocycles. The maximum Gasteiger partial charge on any atom is 0.329 e. The van der Waals surface area contributed by atoms with Crippen molar-refractivity contribution in [2.24, 2.45) is 22.2 Å². The van der Waals surface area contributed by atoms with Crippen LogP contribution in [0, 0.1) is 90.3 Å². The summed E-state index contributed by atoms with van der Waals surface area (Å²) in [5, 5.41) is 12.1. The van der Waals surface area contributed by atoms with Crippen molar-refractivity contribution in [2.75, 3.05) is 18.5 Å². The Labute approximate surface area is 741 Å². The number of nitrogens with two attached hydrogens (primary N) is 3. The average Bonchev–Trinajstić information content (AvgIpc) is 1.71. The van der Waals surface area contributed by atoms with Gasteiger partial charge in [-0.25, -0.2) is 50.9 Å². The van der Waals surface area contributed by atoms with Gasteiger partial charge < -0.3 is 51.0 Å². The first kappa shape index (κ1) is 99.3. The fraction of sp³-hybridized carbons (Fsp3) is 0.299. The largest absolute Gasteiger partial charge is 0.480 e. The molecule has 10 N–H and O–H groups in total. The first-order valence-corrected chi connectivity index (χ1v) is 42.1. The number of nitrogens with zero attached hydrogens (tertiary/aromatic N) is 9. The van der Waals surface area contributed by atoms with Gasteiger partial charge in [-0.05, 0) is 277 Å². The molecule has 127 heavy (non-hydrogen) atoms. The number of rotatable bonds is 25. The van der Waals surface area contributed by atoms with Gasteiger partial charge in [-0.1, -0.05) is 67.9 Å². The smallest absolute Gasteiger partial charge is 0.329 e. The van der Waals surface area contributed by atoms with Crippen LogP contribution in [0.25, 0.3) is 55.4 Å². The number of benzene rings is 8. The van der Waals surface area contributed by atoms with Crippen LogP contribution in [0.3, 0.4) is 0 Å². The summed E-state index contributed by atoms with van der Waals surface area (Å²) in [5.74, 6) is -8.02. The van der Waals surface area contributed by atoms with E-state index in [4.69, 9.17) is 26.7 Å². The summed E-state index contributed by atoms with van der Waals surface area (Å²) in [6.45, 7) is 28.6. The second kappa shape index (κ2) is 45.7. The van der Waals surface area contributed by atoms with Crippen LogP contribution in [-0.2, 0) is 41.5 Å². The highest BCUT2D eigenvalue weighted by Crippen LogP contribution is 2.38. The minimum atomic E-state index is -0.921. The number of hydrogen-bond acceptors (Lipinski definition) is 16. The maximum absolute atomic E-state index is 14.3. The van der Waals surface area contributed by atoms with Crippen LogP contribution in [0.5, 0.6) is 0 Å². The van der Waals surface area contributed by atoms with E-state index >= 15 is 0 Å². The number of ether oxygens (including phenoxy) is 2. The number of primary amides is 2. The lowest BCUT2D eigenvalue weighted by molar-refractivity contribution is -0.147. The number of halogens is 7. The molecule has 0 saturated heterocycles. The van der Waals surface area contributed by atoms with E-state index < -0.39 is 76.7 Å². The Morgan fingerprint density at radius 3 is 1.29 bits per heavy atom. The molecule has 23 nitrogen and oxygen atoms in total. The number of carbonyl (C=O) groups excluding carboxylic acids is 5. The fourth-order valence-electron chi connectivity index (χ4n) is 14.4. The normalized spacial score (nSPS) is 12.5. The Bertz CT molecular complexity index is 6110. The lowest BCUT2D eigenvalue weighted by Gasteiger charge is -2.23. The molecule has 14 rings (SSSR count). The molecule has 4 unspecified atom stereocenters. The number of pyridine rings is 2. The number of ketones is 1. The maximum atomic E-state index is 14.3. The Balaban J connectivity index is 0.000000204. The van der Waals surface area contributed by atoms with E-state index in [1.807, 2.05) is 95.7 Å². The molecule has 0 fully saturated rings. The van der Waals surface area contributed by atoms with Crippen molar-refractivity contribution < 1.29 is 75.2 Å². The van der Waals surface area contributed by atoms with Crippen molar-refractivity contribution in [1.29, 1.82) is 0 Å². The van der Waals surface area contributed by atoms with Crippen LogP contribution >= 0.6 is 15.9 Å². The quantitative estimate of drug-likeness (QED) is 0.0154. The summed E-state index contributed by atoms with van der Waals surface area (Å²) in [6.07, 6.45) is 13.6. The number of fused-ring (bicyclic) bond motifs is 4. The van der Waals surface area contributed by atoms with E-state index in [9.17, 15) is 60.2 Å². The number of aliphatic carboxylic acids is 1. The number of aryl methyl sites for hydroxylation is 8. The Hall–Kier alpha value is -13.2. The molecule has 1 aliphatic rings. The molecule has 5 aromatic heterocycles. The minimum Gasteiger partial charge on any atom is -0.480 e. The van der Waals surface area contributed by atoms with Gasteiger partial charge in [-0.2, -0.15) is 5.32 Å². The van der Waals surface area contributed by atoms with E-state index in [1.54, 1.807) is 60.9 Å². The van der Waals surface area contributed by atoms with Crippen LogP contribution in [0.1, 0.15) is 191 Å². The summed E-state index contributed by atoms with van der Waals surface area (Å²) in [4.78, 5) is 97.2. The number of imidazole rings is 3. The molecule has 0 saturated carbocycles. The summed E-state index contributed by atoms with van der Waals surface area (Å²) >= 11 is 3.17. The molecule has 8 aromatic carbocycles. The molecule has 0 radical (unpaired) electrons. The predicted molar refractivity (Wildman–Crippen MR) is 485 cm³/mol. The Morgan fingerprint density at radius 1 is 0.472 bits per heavy atom. The zero-order valence-corrected chi connectivity index (χ0v) is 74.8. The highest BCUT2D eigenvalue weighted by molar-refractivity contribution is 9.10. The third-order valence-corrected chi connectivity index (χ3v) is 22.6. The van der Waals surface area contributed by atoms with E-state index in [0.29, 0.717) is 77.2 Å². The highest BCUT2D eigenvalue weighted by atomic mass is 79.9. The van der Waals surface area contributed by atoms with Crippen molar-refractivity contribution in [2.45, 2.75) is 177 Å². The summed E-state index contributed by atoms with van der Waals surface area (Å²) < 4.78 is 98.7. The number of amides is 2.